The summed E-state index contributed by atoms with van der Waals surface area (Å²) in [6.07, 6.45) is 0. The highest BCUT2D eigenvalue weighted by Gasteiger charge is 2.03. The van der Waals surface area contributed by atoms with Crippen molar-refractivity contribution >= 4 is 12.4 Å². The second-order valence-corrected chi connectivity index (χ2v) is 4.20. The van der Waals surface area contributed by atoms with Crippen LogP contribution in [0.3, 0.4) is 0 Å². The molecule has 0 aliphatic carbocycles. The van der Waals surface area contributed by atoms with E-state index < -0.39 is 0 Å². The van der Waals surface area contributed by atoms with Gasteiger partial charge in [0.2, 0.25) is 0 Å². The number of halogens is 1. The lowest BCUT2D eigenvalue weighted by molar-refractivity contribution is 0.112. The summed E-state index contributed by atoms with van der Waals surface area (Å²) in [6.45, 7) is 4.21. The molecule has 20 heavy (non-hydrogen) atoms. The average molecular weight is 305 g/mol. The fourth-order valence-electron chi connectivity index (χ4n) is 1.57. The van der Waals surface area contributed by atoms with Crippen molar-refractivity contribution in [2.24, 2.45) is 5.73 Å². The van der Waals surface area contributed by atoms with Crippen LogP contribution in [0.15, 0.2) is 24.3 Å². The molecule has 6 heteroatoms. The molecule has 1 aromatic carbocycles. The number of ether oxygens (including phenoxy) is 3. The van der Waals surface area contributed by atoms with Crippen molar-refractivity contribution in [3.63, 3.8) is 0 Å². The van der Waals surface area contributed by atoms with Gasteiger partial charge in [-0.1, -0.05) is 12.1 Å². The maximum Gasteiger partial charge on any atom is 0.161 e. The SMILES string of the molecule is COc1ccccc1OCCN(C)CCOCCN.Cl. The van der Waals surface area contributed by atoms with E-state index in [9.17, 15) is 0 Å². The van der Waals surface area contributed by atoms with Crippen LogP contribution in [-0.4, -0.2) is 58.5 Å². The number of nitrogens with two attached hydrogens (primary N) is 1. The van der Waals surface area contributed by atoms with Gasteiger partial charge in [-0.2, -0.15) is 0 Å². The topological polar surface area (TPSA) is 57.0 Å². The van der Waals surface area contributed by atoms with Crippen LogP contribution in [0, 0.1) is 0 Å². The van der Waals surface area contributed by atoms with Gasteiger partial charge in [-0.15, -0.1) is 12.4 Å². The summed E-state index contributed by atoms with van der Waals surface area (Å²) in [5.74, 6) is 1.54. The van der Waals surface area contributed by atoms with E-state index in [0.717, 1.165) is 24.6 Å². The van der Waals surface area contributed by atoms with Gasteiger partial charge in [0.05, 0.1) is 20.3 Å². The molecule has 2 N–H and O–H groups in total. The Morgan fingerprint density at radius 1 is 1.05 bits per heavy atom. The van der Waals surface area contributed by atoms with Crippen LogP contribution < -0.4 is 15.2 Å². The highest BCUT2D eigenvalue weighted by atomic mass is 35.5. The summed E-state index contributed by atoms with van der Waals surface area (Å²) in [6, 6.07) is 7.65. The van der Waals surface area contributed by atoms with Crippen molar-refractivity contribution < 1.29 is 14.2 Å². The second kappa shape index (κ2) is 11.8. The highest BCUT2D eigenvalue weighted by Crippen LogP contribution is 2.25. The molecule has 0 aromatic heterocycles. The Morgan fingerprint density at radius 2 is 1.70 bits per heavy atom. The lowest BCUT2D eigenvalue weighted by atomic mass is 10.3. The summed E-state index contributed by atoms with van der Waals surface area (Å²) in [4.78, 5) is 2.16. The molecule has 1 rings (SSSR count). The molecule has 1 aromatic rings. The van der Waals surface area contributed by atoms with Crippen LogP contribution >= 0.6 is 12.4 Å². The lowest BCUT2D eigenvalue weighted by Crippen LogP contribution is -2.28. The normalized spacial score (nSPS) is 10.2. The maximum atomic E-state index is 5.70. The molecule has 0 heterocycles. The number of likely N-dealkylation sites (N-methyl/N-ethyl adjacent to an activating group) is 1. The van der Waals surface area contributed by atoms with Crippen molar-refractivity contribution in [3.8, 4) is 11.5 Å². The quantitative estimate of drug-likeness (QED) is 0.662. The van der Waals surface area contributed by atoms with Crippen LogP contribution in [0.4, 0.5) is 0 Å². The fraction of sp³-hybridized carbons (Fsp3) is 0.571. The van der Waals surface area contributed by atoms with Crippen molar-refractivity contribution in [1.29, 1.82) is 0 Å². The van der Waals surface area contributed by atoms with Gasteiger partial charge in [0.15, 0.2) is 11.5 Å². The number of nitrogens with zero attached hydrogens (tertiary/aromatic N) is 1. The molecule has 5 nitrogen and oxygen atoms in total. The third-order valence-electron chi connectivity index (χ3n) is 2.68. The summed E-state index contributed by atoms with van der Waals surface area (Å²) in [7, 11) is 3.68. The Labute approximate surface area is 127 Å². The van der Waals surface area contributed by atoms with Crippen LogP contribution in [0.5, 0.6) is 11.5 Å². The van der Waals surface area contributed by atoms with Crippen LogP contribution in [0.1, 0.15) is 0 Å². The minimum absolute atomic E-state index is 0. The summed E-state index contributed by atoms with van der Waals surface area (Å²) >= 11 is 0. The van der Waals surface area contributed by atoms with E-state index in [1.54, 1.807) is 7.11 Å². The van der Waals surface area contributed by atoms with Gasteiger partial charge >= 0.3 is 0 Å². The fourth-order valence-corrected chi connectivity index (χ4v) is 1.57. The van der Waals surface area contributed by atoms with Gasteiger partial charge in [-0.25, -0.2) is 0 Å². The highest BCUT2D eigenvalue weighted by molar-refractivity contribution is 5.85. The molecule has 0 atom stereocenters. The van der Waals surface area contributed by atoms with Gasteiger partial charge in [-0.3, -0.25) is 0 Å². The van der Waals surface area contributed by atoms with Crippen LogP contribution in [0.25, 0.3) is 0 Å². The van der Waals surface area contributed by atoms with Crippen LogP contribution in [-0.2, 0) is 4.74 Å². The first kappa shape index (κ1) is 19.0. The Hall–Kier alpha value is -1.01. The smallest absolute Gasteiger partial charge is 0.161 e. The summed E-state index contributed by atoms with van der Waals surface area (Å²) < 4.78 is 16.2. The van der Waals surface area contributed by atoms with E-state index in [2.05, 4.69) is 4.90 Å². The van der Waals surface area contributed by atoms with E-state index >= 15 is 0 Å². The van der Waals surface area contributed by atoms with Gasteiger partial charge < -0.3 is 24.8 Å². The van der Waals surface area contributed by atoms with Gasteiger partial charge in [0.25, 0.3) is 0 Å². The molecule has 0 bridgehead atoms. The van der Waals surface area contributed by atoms with Crippen molar-refractivity contribution in [2.75, 3.05) is 53.6 Å². The van der Waals surface area contributed by atoms with Crippen molar-refractivity contribution in [1.82, 2.24) is 4.90 Å². The number of rotatable bonds is 10. The molecule has 0 fully saturated rings. The Bertz CT molecular complexity index is 353. The standard InChI is InChI=1S/C14H24N2O3.ClH/c1-16(8-11-18-10-7-15)9-12-19-14-6-4-3-5-13(14)17-2;/h3-6H,7-12,15H2,1-2H3;1H. The molecule has 0 aliphatic rings. The zero-order valence-electron chi connectivity index (χ0n) is 12.2. The first-order valence-electron chi connectivity index (χ1n) is 6.50. The first-order valence-corrected chi connectivity index (χ1v) is 6.50. The van der Waals surface area contributed by atoms with Gasteiger partial charge in [0, 0.05) is 19.6 Å². The summed E-state index contributed by atoms with van der Waals surface area (Å²) in [5.41, 5.74) is 5.35. The molecule has 0 saturated carbocycles. The molecular formula is C14H25ClN2O3. The molecule has 0 radical (unpaired) electrons. The average Bonchev–Trinajstić information content (AvgIpc) is 2.44. The molecule has 0 aliphatic heterocycles. The number of benzene rings is 1. The monoisotopic (exact) mass is 304 g/mol. The summed E-state index contributed by atoms with van der Waals surface area (Å²) in [5, 5.41) is 0. The Morgan fingerprint density at radius 3 is 2.35 bits per heavy atom. The first-order chi connectivity index (χ1) is 9.27. The Balaban J connectivity index is 0.00000361. The zero-order valence-corrected chi connectivity index (χ0v) is 13.0. The van der Waals surface area contributed by atoms with E-state index in [0.29, 0.717) is 26.4 Å². The van der Waals surface area contributed by atoms with E-state index in [4.69, 9.17) is 19.9 Å². The molecule has 0 unspecified atom stereocenters. The predicted octanol–water partition coefficient (Wildman–Crippen LogP) is 1.40. The minimum Gasteiger partial charge on any atom is -0.493 e. The lowest BCUT2D eigenvalue weighted by Gasteiger charge is -2.17. The second-order valence-electron chi connectivity index (χ2n) is 4.20. The predicted molar refractivity (Wildman–Crippen MR) is 83.1 cm³/mol. The van der Waals surface area contributed by atoms with Gasteiger partial charge in [-0.05, 0) is 19.2 Å². The van der Waals surface area contributed by atoms with E-state index in [1.165, 1.54) is 0 Å². The third kappa shape index (κ3) is 7.55. The molecule has 0 spiro atoms. The minimum atomic E-state index is 0. The molecule has 116 valence electrons. The van der Waals surface area contributed by atoms with Crippen LogP contribution in [0.2, 0.25) is 0 Å². The number of para-hydroxylation sites is 2. The van der Waals surface area contributed by atoms with E-state index in [-0.39, 0.29) is 12.4 Å². The number of hydrogen-bond acceptors (Lipinski definition) is 5. The maximum absolute atomic E-state index is 5.70. The van der Waals surface area contributed by atoms with E-state index in [1.807, 2.05) is 31.3 Å². The molecule has 0 amide bonds. The number of hydrogen-bond donors (Lipinski definition) is 1. The van der Waals surface area contributed by atoms with Crippen molar-refractivity contribution in [3.05, 3.63) is 24.3 Å². The molecular weight excluding hydrogens is 280 g/mol. The molecule has 0 saturated heterocycles. The van der Waals surface area contributed by atoms with Gasteiger partial charge in [0.1, 0.15) is 6.61 Å². The zero-order chi connectivity index (χ0) is 13.9. The largest absolute Gasteiger partial charge is 0.493 e. The third-order valence-corrected chi connectivity index (χ3v) is 2.68. The Kier molecular flexibility index (Phi) is 11.2. The van der Waals surface area contributed by atoms with Crippen molar-refractivity contribution in [2.45, 2.75) is 0 Å². The number of methoxy groups -OCH3 is 1.